The van der Waals surface area contributed by atoms with Crippen molar-refractivity contribution in [3.63, 3.8) is 0 Å². The molecule has 1 fully saturated rings. The van der Waals surface area contributed by atoms with Crippen LogP contribution < -0.4 is 4.90 Å². The summed E-state index contributed by atoms with van der Waals surface area (Å²) in [5.74, 6) is 0.228. The lowest BCUT2D eigenvalue weighted by Crippen LogP contribution is -2.49. The average molecular weight is 461 g/mol. The molecule has 0 radical (unpaired) electrons. The summed E-state index contributed by atoms with van der Waals surface area (Å²) >= 11 is 2.17. The minimum atomic E-state index is -4.54. The Labute approximate surface area is 156 Å². The number of rotatable bonds is 2. The van der Waals surface area contributed by atoms with Crippen molar-refractivity contribution in [2.45, 2.75) is 6.18 Å². The van der Waals surface area contributed by atoms with Crippen LogP contribution in [0.1, 0.15) is 15.9 Å². The van der Waals surface area contributed by atoms with E-state index in [2.05, 4.69) is 27.6 Å². The molecule has 0 N–H and O–H groups in total. The van der Waals surface area contributed by atoms with Gasteiger partial charge in [-0.3, -0.25) is 4.79 Å². The van der Waals surface area contributed by atoms with Crippen molar-refractivity contribution in [3.8, 4) is 0 Å². The van der Waals surface area contributed by atoms with Gasteiger partial charge in [0.1, 0.15) is 5.82 Å². The Kier molecular flexibility index (Phi) is 5.16. The van der Waals surface area contributed by atoms with E-state index in [4.69, 9.17) is 0 Å². The molecule has 1 aromatic heterocycles. The average Bonchev–Trinajstić information content (AvgIpc) is 2.61. The topological polar surface area (TPSA) is 36.4 Å². The third-order valence-electron chi connectivity index (χ3n) is 4.07. The number of benzene rings is 1. The lowest BCUT2D eigenvalue weighted by Gasteiger charge is -2.35. The van der Waals surface area contributed by atoms with Gasteiger partial charge in [-0.2, -0.15) is 13.2 Å². The number of alkyl halides is 3. The lowest BCUT2D eigenvalue weighted by atomic mass is 10.1. The van der Waals surface area contributed by atoms with E-state index >= 15 is 0 Å². The van der Waals surface area contributed by atoms with Crippen LogP contribution in [0, 0.1) is 3.57 Å². The van der Waals surface area contributed by atoms with Crippen molar-refractivity contribution in [2.75, 3.05) is 31.1 Å². The van der Waals surface area contributed by atoms with E-state index in [0.717, 1.165) is 15.5 Å². The molecule has 132 valence electrons. The first-order valence-electron chi connectivity index (χ1n) is 7.68. The second-order valence-electron chi connectivity index (χ2n) is 5.66. The van der Waals surface area contributed by atoms with Crippen LogP contribution in [-0.2, 0) is 6.18 Å². The van der Waals surface area contributed by atoms with E-state index in [9.17, 15) is 18.0 Å². The molecular weight excluding hydrogens is 446 g/mol. The Balaban J connectivity index is 1.71. The first-order chi connectivity index (χ1) is 11.9. The smallest absolute Gasteiger partial charge is 0.353 e. The SMILES string of the molecule is O=C(c1ccccc1C(F)(F)F)N1CCN(c2ccc(I)cn2)CC1. The van der Waals surface area contributed by atoms with Gasteiger partial charge in [0, 0.05) is 35.9 Å². The minimum Gasteiger partial charge on any atom is -0.353 e. The highest BCUT2D eigenvalue weighted by atomic mass is 127. The number of halogens is 4. The van der Waals surface area contributed by atoms with Crippen LogP contribution in [0.25, 0.3) is 0 Å². The Morgan fingerprint density at radius 1 is 1.04 bits per heavy atom. The summed E-state index contributed by atoms with van der Waals surface area (Å²) in [5, 5.41) is 0. The quantitative estimate of drug-likeness (QED) is 0.641. The van der Waals surface area contributed by atoms with Crippen LogP contribution in [0.15, 0.2) is 42.6 Å². The van der Waals surface area contributed by atoms with Crippen molar-refractivity contribution in [2.24, 2.45) is 0 Å². The molecule has 2 heterocycles. The fourth-order valence-corrected chi connectivity index (χ4v) is 3.10. The van der Waals surface area contributed by atoms with Crippen LogP contribution in [0.4, 0.5) is 19.0 Å². The zero-order valence-corrected chi connectivity index (χ0v) is 15.3. The van der Waals surface area contributed by atoms with E-state index in [0.29, 0.717) is 26.2 Å². The molecule has 1 amide bonds. The van der Waals surface area contributed by atoms with Gasteiger partial charge in [0.25, 0.3) is 5.91 Å². The van der Waals surface area contributed by atoms with E-state index in [1.807, 2.05) is 17.0 Å². The third kappa shape index (κ3) is 4.05. The Morgan fingerprint density at radius 3 is 2.32 bits per heavy atom. The Bertz CT molecular complexity index is 756. The summed E-state index contributed by atoms with van der Waals surface area (Å²) in [7, 11) is 0. The van der Waals surface area contributed by atoms with Crippen LogP contribution in [0.3, 0.4) is 0 Å². The summed E-state index contributed by atoms with van der Waals surface area (Å²) < 4.78 is 40.3. The van der Waals surface area contributed by atoms with E-state index in [1.165, 1.54) is 23.1 Å². The summed E-state index contributed by atoms with van der Waals surface area (Å²) in [6, 6.07) is 8.77. The number of nitrogens with zero attached hydrogens (tertiary/aromatic N) is 3. The maximum atomic E-state index is 13.1. The number of hydrogen-bond donors (Lipinski definition) is 0. The number of hydrogen-bond acceptors (Lipinski definition) is 3. The zero-order chi connectivity index (χ0) is 18.0. The zero-order valence-electron chi connectivity index (χ0n) is 13.1. The van der Waals surface area contributed by atoms with Crippen LogP contribution in [-0.4, -0.2) is 42.0 Å². The molecule has 3 rings (SSSR count). The molecule has 4 nitrogen and oxygen atoms in total. The van der Waals surface area contributed by atoms with Gasteiger partial charge in [0.2, 0.25) is 0 Å². The number of carbonyl (C=O) groups is 1. The Morgan fingerprint density at radius 2 is 1.72 bits per heavy atom. The predicted molar refractivity (Wildman–Crippen MR) is 96.5 cm³/mol. The second-order valence-corrected chi connectivity index (χ2v) is 6.90. The van der Waals surface area contributed by atoms with Gasteiger partial charge >= 0.3 is 6.18 Å². The maximum Gasteiger partial charge on any atom is 0.417 e. The molecule has 1 aliphatic heterocycles. The van der Waals surface area contributed by atoms with Crippen LogP contribution >= 0.6 is 22.6 Å². The molecule has 1 aromatic carbocycles. The highest BCUT2D eigenvalue weighted by Gasteiger charge is 2.36. The van der Waals surface area contributed by atoms with Gasteiger partial charge in [0.15, 0.2) is 0 Å². The largest absolute Gasteiger partial charge is 0.417 e. The summed E-state index contributed by atoms with van der Waals surface area (Å²) in [5.41, 5.74) is -1.18. The first kappa shape index (κ1) is 18.0. The lowest BCUT2D eigenvalue weighted by molar-refractivity contribution is -0.138. The van der Waals surface area contributed by atoms with Crippen LogP contribution in [0.2, 0.25) is 0 Å². The van der Waals surface area contributed by atoms with E-state index in [1.54, 1.807) is 6.20 Å². The number of amides is 1. The van der Waals surface area contributed by atoms with Crippen molar-refractivity contribution in [1.29, 1.82) is 0 Å². The predicted octanol–water partition coefficient (Wildman–Crippen LogP) is 3.67. The van der Waals surface area contributed by atoms with Crippen LogP contribution in [0.5, 0.6) is 0 Å². The van der Waals surface area contributed by atoms with Crippen molar-refractivity contribution >= 4 is 34.3 Å². The summed E-state index contributed by atoms with van der Waals surface area (Å²) in [6.07, 6.45) is -2.79. The maximum absolute atomic E-state index is 13.1. The summed E-state index contributed by atoms with van der Waals surface area (Å²) in [6.45, 7) is 1.79. The molecule has 8 heteroatoms. The van der Waals surface area contributed by atoms with Crippen molar-refractivity contribution in [3.05, 3.63) is 57.3 Å². The third-order valence-corrected chi connectivity index (χ3v) is 4.70. The molecular formula is C17H15F3IN3O. The van der Waals surface area contributed by atoms with Gasteiger partial charge in [0.05, 0.1) is 11.1 Å². The van der Waals surface area contributed by atoms with Gasteiger partial charge in [-0.15, -0.1) is 0 Å². The first-order valence-corrected chi connectivity index (χ1v) is 8.76. The number of pyridine rings is 1. The fraction of sp³-hybridized carbons (Fsp3) is 0.294. The normalized spacial score (nSPS) is 15.4. The van der Waals surface area contributed by atoms with E-state index in [-0.39, 0.29) is 5.56 Å². The molecule has 0 saturated carbocycles. The van der Waals surface area contributed by atoms with Gasteiger partial charge in [-0.05, 0) is 46.9 Å². The Hall–Kier alpha value is -1.84. The monoisotopic (exact) mass is 461 g/mol. The van der Waals surface area contributed by atoms with Gasteiger partial charge in [-0.25, -0.2) is 4.98 Å². The molecule has 0 spiro atoms. The standard InChI is InChI=1S/C17H15F3IN3O/c18-17(19,20)14-4-2-1-3-13(14)16(25)24-9-7-23(8-10-24)15-6-5-12(21)11-22-15/h1-6,11H,7-10H2. The fourth-order valence-electron chi connectivity index (χ4n) is 2.78. The van der Waals surface area contributed by atoms with Crippen molar-refractivity contribution in [1.82, 2.24) is 9.88 Å². The van der Waals surface area contributed by atoms with Gasteiger partial charge in [-0.1, -0.05) is 12.1 Å². The van der Waals surface area contributed by atoms with E-state index < -0.39 is 17.6 Å². The molecule has 2 aromatic rings. The molecule has 25 heavy (non-hydrogen) atoms. The molecule has 1 saturated heterocycles. The molecule has 0 unspecified atom stereocenters. The number of aromatic nitrogens is 1. The minimum absolute atomic E-state index is 0.296. The summed E-state index contributed by atoms with van der Waals surface area (Å²) in [4.78, 5) is 20.4. The highest BCUT2D eigenvalue weighted by Crippen LogP contribution is 2.32. The molecule has 0 atom stereocenters. The van der Waals surface area contributed by atoms with Crippen molar-refractivity contribution < 1.29 is 18.0 Å². The molecule has 0 bridgehead atoms. The van der Waals surface area contributed by atoms with Gasteiger partial charge < -0.3 is 9.80 Å². The number of anilines is 1. The number of piperazine rings is 1. The highest BCUT2D eigenvalue weighted by molar-refractivity contribution is 14.1. The number of carbonyl (C=O) groups excluding carboxylic acids is 1. The second kappa shape index (κ2) is 7.19. The molecule has 0 aliphatic carbocycles. The molecule has 1 aliphatic rings.